The molecule has 0 radical (unpaired) electrons. The highest BCUT2D eigenvalue weighted by Gasteiger charge is 2.26. The lowest BCUT2D eigenvalue weighted by atomic mass is 9.83. The van der Waals surface area contributed by atoms with E-state index in [4.69, 9.17) is 4.74 Å². The van der Waals surface area contributed by atoms with Crippen molar-refractivity contribution in [3.8, 4) is 5.88 Å². The van der Waals surface area contributed by atoms with Crippen LogP contribution in [-0.2, 0) is 0 Å². The number of amides is 1. The van der Waals surface area contributed by atoms with E-state index >= 15 is 0 Å². The number of hydrogen-bond acceptors (Lipinski definition) is 6. The van der Waals surface area contributed by atoms with Crippen molar-refractivity contribution in [2.45, 2.75) is 38.0 Å². The molecular weight excluding hydrogens is 346 g/mol. The Morgan fingerprint density at radius 2 is 2.00 bits per heavy atom. The van der Waals surface area contributed by atoms with Crippen LogP contribution in [0.5, 0.6) is 5.88 Å². The van der Waals surface area contributed by atoms with Crippen molar-refractivity contribution in [3.05, 3.63) is 46.5 Å². The minimum absolute atomic E-state index is 0.0447. The number of aromatic nitrogens is 4. The van der Waals surface area contributed by atoms with E-state index in [1.807, 2.05) is 6.07 Å². The number of rotatable bonds is 5. The molecule has 1 N–H and O–H groups in total. The second-order valence-electron chi connectivity index (χ2n) is 7.22. The summed E-state index contributed by atoms with van der Waals surface area (Å²) >= 11 is 0. The molecule has 27 heavy (non-hydrogen) atoms. The Morgan fingerprint density at radius 3 is 2.70 bits per heavy atom. The fourth-order valence-corrected chi connectivity index (χ4v) is 3.52. The second-order valence-corrected chi connectivity index (χ2v) is 7.22. The highest BCUT2D eigenvalue weighted by atomic mass is 16.5. The molecular formula is C19H23N5O3. The summed E-state index contributed by atoms with van der Waals surface area (Å²) in [7, 11) is 0. The average molecular weight is 369 g/mol. The van der Waals surface area contributed by atoms with Gasteiger partial charge in [-0.1, -0.05) is 6.42 Å². The normalized spacial score (nSPS) is 18.1. The van der Waals surface area contributed by atoms with Gasteiger partial charge >= 0.3 is 0 Å². The SMILES string of the molecule is O=C(c1ncc[nH]c1=O)N1CCC(COc2cc(C3CCC3)ncn2)CC1. The number of piperidine rings is 1. The van der Waals surface area contributed by atoms with E-state index < -0.39 is 5.56 Å². The predicted octanol–water partition coefficient (Wildman–Crippen LogP) is 1.76. The van der Waals surface area contributed by atoms with Crippen LogP contribution in [0.2, 0.25) is 0 Å². The third-order valence-corrected chi connectivity index (χ3v) is 5.47. The molecule has 0 atom stereocenters. The first-order valence-electron chi connectivity index (χ1n) is 9.48. The Labute approximate surface area is 157 Å². The van der Waals surface area contributed by atoms with Crippen molar-refractivity contribution in [1.29, 1.82) is 0 Å². The quantitative estimate of drug-likeness (QED) is 0.862. The topological polar surface area (TPSA) is 101 Å². The number of nitrogens with zero attached hydrogens (tertiary/aromatic N) is 4. The number of carbonyl (C=O) groups is 1. The second kappa shape index (κ2) is 7.85. The molecule has 2 aromatic heterocycles. The molecule has 142 valence electrons. The van der Waals surface area contributed by atoms with Gasteiger partial charge in [0.1, 0.15) is 6.33 Å². The fraction of sp³-hybridized carbons (Fsp3) is 0.526. The van der Waals surface area contributed by atoms with E-state index in [0.29, 0.717) is 37.4 Å². The summed E-state index contributed by atoms with van der Waals surface area (Å²) in [4.78, 5) is 40.8. The maximum absolute atomic E-state index is 12.4. The maximum Gasteiger partial charge on any atom is 0.279 e. The van der Waals surface area contributed by atoms with E-state index in [-0.39, 0.29) is 11.6 Å². The van der Waals surface area contributed by atoms with E-state index in [2.05, 4.69) is 19.9 Å². The summed E-state index contributed by atoms with van der Waals surface area (Å²) in [5.74, 6) is 1.24. The van der Waals surface area contributed by atoms with Gasteiger partial charge in [-0.05, 0) is 31.6 Å². The molecule has 1 saturated carbocycles. The minimum atomic E-state index is -0.445. The van der Waals surface area contributed by atoms with Crippen molar-refractivity contribution < 1.29 is 9.53 Å². The monoisotopic (exact) mass is 369 g/mol. The van der Waals surface area contributed by atoms with Crippen LogP contribution in [0.4, 0.5) is 0 Å². The maximum atomic E-state index is 12.4. The van der Waals surface area contributed by atoms with Gasteiger partial charge in [-0.3, -0.25) is 9.59 Å². The summed E-state index contributed by atoms with van der Waals surface area (Å²) in [6.07, 6.45) is 9.75. The average Bonchev–Trinajstić information content (AvgIpc) is 2.66. The first-order valence-corrected chi connectivity index (χ1v) is 9.48. The summed E-state index contributed by atoms with van der Waals surface area (Å²) < 4.78 is 5.88. The number of carbonyl (C=O) groups excluding carboxylic acids is 1. The van der Waals surface area contributed by atoms with Crippen LogP contribution >= 0.6 is 0 Å². The molecule has 1 aliphatic heterocycles. The zero-order chi connectivity index (χ0) is 18.6. The zero-order valence-electron chi connectivity index (χ0n) is 15.1. The Kier molecular flexibility index (Phi) is 5.13. The number of H-pyrrole nitrogens is 1. The molecule has 3 heterocycles. The van der Waals surface area contributed by atoms with Gasteiger partial charge in [-0.2, -0.15) is 0 Å². The lowest BCUT2D eigenvalue weighted by Gasteiger charge is -2.31. The van der Waals surface area contributed by atoms with Gasteiger partial charge in [0.2, 0.25) is 5.88 Å². The Balaban J connectivity index is 1.28. The molecule has 4 rings (SSSR count). The van der Waals surface area contributed by atoms with Crippen molar-refractivity contribution in [1.82, 2.24) is 24.8 Å². The highest BCUT2D eigenvalue weighted by molar-refractivity contribution is 5.91. The Bertz CT molecular complexity index is 856. The lowest BCUT2D eigenvalue weighted by Crippen LogP contribution is -2.42. The first kappa shape index (κ1) is 17.6. The molecule has 8 nitrogen and oxygen atoms in total. The van der Waals surface area contributed by atoms with E-state index in [9.17, 15) is 9.59 Å². The summed E-state index contributed by atoms with van der Waals surface area (Å²) in [5, 5.41) is 0. The van der Waals surface area contributed by atoms with Gasteiger partial charge in [-0.15, -0.1) is 0 Å². The van der Waals surface area contributed by atoms with Crippen LogP contribution in [0.15, 0.2) is 29.6 Å². The van der Waals surface area contributed by atoms with Gasteiger partial charge < -0.3 is 14.6 Å². The molecule has 8 heteroatoms. The van der Waals surface area contributed by atoms with E-state index in [1.165, 1.54) is 31.7 Å². The molecule has 2 aromatic rings. The molecule has 2 aliphatic rings. The molecule has 0 spiro atoms. The number of aromatic amines is 1. The highest BCUT2D eigenvalue weighted by Crippen LogP contribution is 2.35. The Hall–Kier alpha value is -2.77. The molecule has 0 unspecified atom stereocenters. The van der Waals surface area contributed by atoms with Gasteiger partial charge in [0.15, 0.2) is 5.69 Å². The van der Waals surface area contributed by atoms with Crippen molar-refractivity contribution in [2.75, 3.05) is 19.7 Å². The largest absolute Gasteiger partial charge is 0.477 e. The molecule has 1 aliphatic carbocycles. The predicted molar refractivity (Wildman–Crippen MR) is 97.6 cm³/mol. The number of hydrogen-bond donors (Lipinski definition) is 1. The van der Waals surface area contributed by atoms with Crippen molar-refractivity contribution in [3.63, 3.8) is 0 Å². The Morgan fingerprint density at radius 1 is 1.19 bits per heavy atom. The third kappa shape index (κ3) is 3.99. The minimum Gasteiger partial charge on any atom is -0.477 e. The zero-order valence-corrected chi connectivity index (χ0v) is 15.1. The molecule has 1 amide bonds. The van der Waals surface area contributed by atoms with Gasteiger partial charge in [0.05, 0.1) is 12.3 Å². The van der Waals surface area contributed by atoms with Gasteiger partial charge in [0.25, 0.3) is 11.5 Å². The first-order chi connectivity index (χ1) is 13.2. The van der Waals surface area contributed by atoms with Crippen LogP contribution in [0.25, 0.3) is 0 Å². The van der Waals surface area contributed by atoms with Crippen LogP contribution in [0.1, 0.15) is 54.2 Å². The van der Waals surface area contributed by atoms with Crippen LogP contribution in [0, 0.1) is 5.92 Å². The van der Waals surface area contributed by atoms with Crippen LogP contribution in [0.3, 0.4) is 0 Å². The van der Waals surface area contributed by atoms with E-state index in [0.717, 1.165) is 18.5 Å². The smallest absolute Gasteiger partial charge is 0.279 e. The molecule has 0 aromatic carbocycles. The summed E-state index contributed by atoms with van der Waals surface area (Å²) in [6, 6.07) is 1.95. The number of ether oxygens (including phenoxy) is 1. The third-order valence-electron chi connectivity index (χ3n) is 5.47. The van der Waals surface area contributed by atoms with E-state index in [1.54, 1.807) is 11.2 Å². The van der Waals surface area contributed by atoms with Crippen LogP contribution in [-0.4, -0.2) is 50.4 Å². The van der Waals surface area contributed by atoms with Gasteiger partial charge in [-0.25, -0.2) is 15.0 Å². The van der Waals surface area contributed by atoms with Crippen LogP contribution < -0.4 is 10.3 Å². The van der Waals surface area contributed by atoms with Crippen molar-refractivity contribution in [2.24, 2.45) is 5.92 Å². The number of likely N-dealkylation sites (tertiary alicyclic amines) is 1. The molecule has 1 saturated heterocycles. The molecule has 2 fully saturated rings. The summed E-state index contributed by atoms with van der Waals surface area (Å²) in [5.41, 5.74) is 0.586. The lowest BCUT2D eigenvalue weighted by molar-refractivity contribution is 0.0651. The number of nitrogens with one attached hydrogen (secondary N) is 1. The van der Waals surface area contributed by atoms with Gasteiger partial charge in [0, 0.05) is 37.5 Å². The molecule has 0 bridgehead atoms. The van der Waals surface area contributed by atoms with Crippen molar-refractivity contribution >= 4 is 5.91 Å². The summed E-state index contributed by atoms with van der Waals surface area (Å²) in [6.45, 7) is 1.77. The fourth-order valence-electron chi connectivity index (χ4n) is 3.52. The standard InChI is InChI=1S/C19H23N5O3/c25-18-17(20-6-7-21-18)19(26)24-8-4-13(5-9-24)11-27-16-10-15(22-12-23-16)14-2-1-3-14/h6-7,10,12-14H,1-5,8-9,11H2,(H,21,25).